The standard InChI is InChI=1S/C5H11NO4/c6-4(5(8)9)3-10-2-1-7/h4,7H,1-3,6H2,(H,8,9). The Bertz CT molecular complexity index is 106. The van der Waals surface area contributed by atoms with Crippen LogP contribution < -0.4 is 5.73 Å². The van der Waals surface area contributed by atoms with Crippen molar-refractivity contribution in [2.24, 2.45) is 5.73 Å². The van der Waals surface area contributed by atoms with Crippen LogP contribution in [0.15, 0.2) is 0 Å². The van der Waals surface area contributed by atoms with Gasteiger partial charge in [-0.3, -0.25) is 4.79 Å². The summed E-state index contributed by atoms with van der Waals surface area (Å²) in [6, 6.07) is -0.994. The lowest BCUT2D eigenvalue weighted by atomic mass is 10.3. The van der Waals surface area contributed by atoms with Crippen molar-refractivity contribution in [2.75, 3.05) is 19.8 Å². The van der Waals surface area contributed by atoms with Gasteiger partial charge in [-0.2, -0.15) is 0 Å². The summed E-state index contributed by atoms with van der Waals surface area (Å²) in [6.07, 6.45) is 0. The number of ether oxygens (including phenoxy) is 1. The molecule has 10 heavy (non-hydrogen) atoms. The van der Waals surface area contributed by atoms with Gasteiger partial charge in [-0.05, 0) is 0 Å². The molecule has 0 bridgehead atoms. The summed E-state index contributed by atoms with van der Waals surface area (Å²) in [7, 11) is 0. The third kappa shape index (κ3) is 4.25. The molecule has 1 atom stereocenters. The van der Waals surface area contributed by atoms with Gasteiger partial charge in [0.1, 0.15) is 6.04 Å². The molecular formula is C5H11NO4. The SMILES string of the molecule is NC(COCCO)C(=O)O. The van der Waals surface area contributed by atoms with E-state index in [2.05, 4.69) is 4.74 Å². The lowest BCUT2D eigenvalue weighted by molar-refractivity contribution is -0.140. The van der Waals surface area contributed by atoms with Gasteiger partial charge in [0.25, 0.3) is 0 Å². The molecule has 0 aromatic carbocycles. The number of aliphatic hydroxyl groups excluding tert-OH is 1. The largest absolute Gasteiger partial charge is 0.480 e. The van der Waals surface area contributed by atoms with Crippen molar-refractivity contribution in [3.05, 3.63) is 0 Å². The molecule has 1 unspecified atom stereocenters. The Morgan fingerprint density at radius 3 is 2.70 bits per heavy atom. The summed E-state index contributed by atoms with van der Waals surface area (Å²) in [6.45, 7) is -0.0524. The fourth-order valence-electron chi connectivity index (χ4n) is 0.346. The van der Waals surface area contributed by atoms with Crippen LogP contribution in [0.2, 0.25) is 0 Å². The first-order chi connectivity index (χ1) is 4.68. The van der Waals surface area contributed by atoms with Gasteiger partial charge in [-0.25, -0.2) is 0 Å². The summed E-state index contributed by atoms with van der Waals surface area (Å²) in [4.78, 5) is 10.0. The molecule has 0 aliphatic rings. The minimum absolute atomic E-state index is 0.0596. The number of carbonyl (C=O) groups is 1. The average molecular weight is 149 g/mol. The summed E-state index contributed by atoms with van der Waals surface area (Å²) >= 11 is 0. The molecule has 0 rings (SSSR count). The number of carboxylic acids is 1. The van der Waals surface area contributed by atoms with Crippen molar-refractivity contribution in [1.29, 1.82) is 0 Å². The smallest absolute Gasteiger partial charge is 0.322 e. The lowest BCUT2D eigenvalue weighted by Gasteiger charge is -2.05. The first-order valence-corrected chi connectivity index (χ1v) is 2.85. The predicted molar refractivity (Wildman–Crippen MR) is 33.5 cm³/mol. The molecule has 0 radical (unpaired) electrons. The molecule has 4 N–H and O–H groups in total. The number of nitrogens with two attached hydrogens (primary N) is 1. The van der Waals surface area contributed by atoms with Crippen LogP contribution in [-0.2, 0) is 9.53 Å². The number of carboxylic acid groups (broad SMARTS) is 1. The molecule has 60 valence electrons. The first kappa shape index (κ1) is 9.35. The molecule has 0 amide bonds. The maximum absolute atomic E-state index is 10.0. The molecule has 5 nitrogen and oxygen atoms in total. The van der Waals surface area contributed by atoms with Crippen molar-refractivity contribution in [2.45, 2.75) is 6.04 Å². The Balaban J connectivity index is 3.21. The van der Waals surface area contributed by atoms with E-state index in [0.717, 1.165) is 0 Å². The normalized spacial score (nSPS) is 13.0. The third-order valence-electron chi connectivity index (χ3n) is 0.850. The van der Waals surface area contributed by atoms with E-state index in [1.54, 1.807) is 0 Å². The van der Waals surface area contributed by atoms with Crippen LogP contribution in [0, 0.1) is 0 Å². The molecule has 0 aromatic heterocycles. The van der Waals surface area contributed by atoms with Crippen LogP contribution in [0.1, 0.15) is 0 Å². The zero-order valence-corrected chi connectivity index (χ0v) is 5.49. The second kappa shape index (κ2) is 5.16. The molecule has 0 aliphatic carbocycles. The molecular weight excluding hydrogens is 138 g/mol. The van der Waals surface area contributed by atoms with Crippen LogP contribution in [-0.4, -0.2) is 42.0 Å². The van der Waals surface area contributed by atoms with Crippen LogP contribution in [0.25, 0.3) is 0 Å². The lowest BCUT2D eigenvalue weighted by Crippen LogP contribution is -2.35. The van der Waals surface area contributed by atoms with Crippen LogP contribution in [0.5, 0.6) is 0 Å². The van der Waals surface area contributed by atoms with Gasteiger partial charge in [0.15, 0.2) is 0 Å². The molecule has 0 saturated heterocycles. The molecule has 0 saturated carbocycles. The summed E-state index contributed by atoms with van der Waals surface area (Å²) in [5.41, 5.74) is 5.05. The minimum atomic E-state index is -1.10. The molecule has 0 aromatic rings. The number of rotatable bonds is 5. The van der Waals surface area contributed by atoms with Crippen molar-refractivity contribution >= 4 is 5.97 Å². The fourth-order valence-corrected chi connectivity index (χ4v) is 0.346. The molecule has 0 spiro atoms. The fraction of sp³-hybridized carbons (Fsp3) is 0.800. The van der Waals surface area contributed by atoms with Gasteiger partial charge in [0.05, 0.1) is 19.8 Å². The second-order valence-electron chi connectivity index (χ2n) is 1.74. The van der Waals surface area contributed by atoms with Crippen molar-refractivity contribution in [3.8, 4) is 0 Å². The Labute approximate surface area is 58.4 Å². The van der Waals surface area contributed by atoms with E-state index in [0.29, 0.717) is 0 Å². The topological polar surface area (TPSA) is 92.8 Å². The highest BCUT2D eigenvalue weighted by molar-refractivity contribution is 5.73. The number of hydrogen-bond acceptors (Lipinski definition) is 4. The minimum Gasteiger partial charge on any atom is -0.480 e. The van der Waals surface area contributed by atoms with E-state index in [1.165, 1.54) is 0 Å². The number of aliphatic carboxylic acids is 1. The highest BCUT2D eigenvalue weighted by Gasteiger charge is 2.09. The van der Waals surface area contributed by atoms with Crippen LogP contribution in [0.4, 0.5) is 0 Å². The zero-order chi connectivity index (χ0) is 7.98. The van der Waals surface area contributed by atoms with Crippen molar-refractivity contribution in [1.82, 2.24) is 0 Å². The van der Waals surface area contributed by atoms with E-state index >= 15 is 0 Å². The Hall–Kier alpha value is -0.650. The molecule has 0 fully saturated rings. The van der Waals surface area contributed by atoms with E-state index < -0.39 is 12.0 Å². The van der Waals surface area contributed by atoms with Crippen LogP contribution >= 0.6 is 0 Å². The predicted octanol–water partition coefficient (Wildman–Crippen LogP) is -1.59. The van der Waals surface area contributed by atoms with E-state index in [9.17, 15) is 4.79 Å². The van der Waals surface area contributed by atoms with Gasteiger partial charge >= 0.3 is 5.97 Å². The zero-order valence-electron chi connectivity index (χ0n) is 5.49. The highest BCUT2D eigenvalue weighted by Crippen LogP contribution is 1.80. The maximum Gasteiger partial charge on any atom is 0.322 e. The van der Waals surface area contributed by atoms with Crippen molar-refractivity contribution < 1.29 is 19.7 Å². The Morgan fingerprint density at radius 1 is 1.70 bits per heavy atom. The summed E-state index contributed by atoms with van der Waals surface area (Å²) < 4.78 is 4.65. The third-order valence-corrected chi connectivity index (χ3v) is 0.850. The van der Waals surface area contributed by atoms with Crippen LogP contribution in [0.3, 0.4) is 0 Å². The molecule has 0 heterocycles. The monoisotopic (exact) mass is 149 g/mol. The average Bonchev–Trinajstić information content (AvgIpc) is 1.88. The molecule has 5 heteroatoms. The number of hydrogen-bond donors (Lipinski definition) is 3. The van der Waals surface area contributed by atoms with Gasteiger partial charge < -0.3 is 20.7 Å². The molecule has 0 aliphatic heterocycles. The second-order valence-corrected chi connectivity index (χ2v) is 1.74. The summed E-state index contributed by atoms with van der Waals surface area (Å²) in [5, 5.41) is 16.4. The number of aliphatic hydroxyl groups is 1. The van der Waals surface area contributed by atoms with E-state index in [4.69, 9.17) is 15.9 Å². The van der Waals surface area contributed by atoms with E-state index in [1.807, 2.05) is 0 Å². The quantitative estimate of drug-likeness (QED) is 0.410. The Kier molecular flexibility index (Phi) is 4.82. The summed E-state index contributed by atoms with van der Waals surface area (Å²) in [5.74, 6) is -1.10. The van der Waals surface area contributed by atoms with Gasteiger partial charge in [0.2, 0.25) is 0 Å². The van der Waals surface area contributed by atoms with Gasteiger partial charge in [-0.15, -0.1) is 0 Å². The Morgan fingerprint density at radius 2 is 2.30 bits per heavy atom. The van der Waals surface area contributed by atoms with E-state index in [-0.39, 0.29) is 19.8 Å². The highest BCUT2D eigenvalue weighted by atomic mass is 16.5. The van der Waals surface area contributed by atoms with Crippen molar-refractivity contribution in [3.63, 3.8) is 0 Å². The van der Waals surface area contributed by atoms with Gasteiger partial charge in [-0.1, -0.05) is 0 Å². The maximum atomic E-state index is 10.0. The van der Waals surface area contributed by atoms with Gasteiger partial charge in [0, 0.05) is 0 Å². The first-order valence-electron chi connectivity index (χ1n) is 2.85.